The number of benzene rings is 2. The first kappa shape index (κ1) is 9.87. The van der Waals surface area contributed by atoms with E-state index in [1.165, 1.54) is 0 Å². The highest BCUT2D eigenvalue weighted by atomic mass is 32.8. The van der Waals surface area contributed by atoms with Crippen LogP contribution in [0.4, 0.5) is 0 Å². The van der Waals surface area contributed by atoms with Crippen LogP contribution in [0.1, 0.15) is 15.9 Å². The normalized spacial score (nSPS) is 14.4. The number of carbonyl (C=O) groups is 1. The molecule has 0 fully saturated rings. The van der Waals surface area contributed by atoms with Gasteiger partial charge in [0.1, 0.15) is 0 Å². The fraction of sp³-hybridized carbons (Fsp3) is 0. The highest BCUT2D eigenvalue weighted by molar-refractivity contribution is 8.29. The molecule has 0 N–H and O–H groups in total. The third-order valence-electron chi connectivity index (χ3n) is 2.66. The molecule has 1 aliphatic heterocycles. The molecule has 0 aliphatic carbocycles. The second-order valence-corrected chi connectivity index (χ2v) is 6.01. The van der Waals surface area contributed by atoms with Crippen molar-refractivity contribution < 1.29 is 4.79 Å². The van der Waals surface area contributed by atoms with E-state index in [9.17, 15) is 4.79 Å². The number of ketones is 1. The van der Waals surface area contributed by atoms with Gasteiger partial charge in [-0.3, -0.25) is 4.79 Å². The average Bonchev–Trinajstić information content (AvgIpc) is 2.36. The minimum absolute atomic E-state index is 0.0970. The molecule has 0 bridgehead atoms. The molecular weight excluding hydrogens is 236 g/mol. The molecule has 0 saturated heterocycles. The van der Waals surface area contributed by atoms with Crippen molar-refractivity contribution in [1.29, 1.82) is 0 Å². The van der Waals surface area contributed by atoms with Crippen molar-refractivity contribution in [2.75, 3.05) is 0 Å². The summed E-state index contributed by atoms with van der Waals surface area (Å²) in [6.45, 7) is 0. The fourth-order valence-electron chi connectivity index (χ4n) is 1.90. The highest BCUT2D eigenvalue weighted by Crippen LogP contribution is 2.31. The number of rotatable bonds is 0. The zero-order chi connectivity index (χ0) is 11.1. The lowest BCUT2D eigenvalue weighted by molar-refractivity contribution is 0.103. The van der Waals surface area contributed by atoms with Gasteiger partial charge in [-0.25, -0.2) is 0 Å². The second kappa shape index (κ2) is 3.61. The maximum atomic E-state index is 12.2. The van der Waals surface area contributed by atoms with Gasteiger partial charge in [-0.15, -0.1) is 0 Å². The van der Waals surface area contributed by atoms with Gasteiger partial charge >= 0.3 is 0 Å². The van der Waals surface area contributed by atoms with Gasteiger partial charge in [0.05, 0.1) is 0 Å². The van der Waals surface area contributed by atoms with Crippen LogP contribution >= 0.6 is 0 Å². The van der Waals surface area contributed by atoms with Gasteiger partial charge in [-0.2, -0.15) is 0 Å². The van der Waals surface area contributed by atoms with Crippen molar-refractivity contribution >= 4 is 26.4 Å². The zero-order valence-electron chi connectivity index (χ0n) is 8.34. The largest absolute Gasteiger partial charge is 0.289 e. The molecule has 0 saturated carbocycles. The fourth-order valence-corrected chi connectivity index (χ4v) is 4.13. The van der Waals surface area contributed by atoms with E-state index in [-0.39, 0.29) is 5.78 Å². The summed E-state index contributed by atoms with van der Waals surface area (Å²) in [6, 6.07) is 15.3. The molecule has 2 aromatic carbocycles. The molecule has 0 spiro atoms. The Labute approximate surface area is 101 Å². The van der Waals surface area contributed by atoms with Gasteiger partial charge in [0.15, 0.2) is 5.78 Å². The maximum Gasteiger partial charge on any atom is 0.195 e. The van der Waals surface area contributed by atoms with Crippen LogP contribution in [0.25, 0.3) is 0 Å². The van der Waals surface area contributed by atoms with Crippen LogP contribution < -0.4 is 0 Å². The van der Waals surface area contributed by atoms with Crippen LogP contribution in [0.2, 0.25) is 0 Å². The van der Waals surface area contributed by atoms with E-state index in [0.717, 1.165) is 20.9 Å². The topological polar surface area (TPSA) is 17.1 Å². The van der Waals surface area contributed by atoms with Crippen LogP contribution in [-0.2, 0) is 20.6 Å². The Hall–Kier alpha value is -1.32. The summed E-state index contributed by atoms with van der Waals surface area (Å²) < 4.78 is 0. The molecule has 3 rings (SSSR count). The second-order valence-electron chi connectivity index (χ2n) is 3.59. The third kappa shape index (κ3) is 1.29. The lowest BCUT2D eigenvalue weighted by Gasteiger charge is -2.19. The summed E-state index contributed by atoms with van der Waals surface area (Å²) in [7, 11) is -0.398. The average molecular weight is 244 g/mol. The Balaban J connectivity index is 2.35. The smallest absolute Gasteiger partial charge is 0.195 e. The molecule has 3 heteroatoms. The van der Waals surface area contributed by atoms with Gasteiger partial charge in [-0.1, -0.05) is 33.7 Å². The predicted molar refractivity (Wildman–Crippen MR) is 67.6 cm³/mol. The van der Waals surface area contributed by atoms with Crippen molar-refractivity contribution in [1.82, 2.24) is 0 Å². The first-order valence-corrected chi connectivity index (χ1v) is 7.08. The molecule has 0 atom stereocenters. The van der Waals surface area contributed by atoms with Crippen molar-refractivity contribution in [3.8, 4) is 0 Å². The van der Waals surface area contributed by atoms with Crippen LogP contribution in [0.5, 0.6) is 0 Å². The molecule has 0 aromatic heterocycles. The molecule has 2 aromatic rings. The molecule has 0 unspecified atom stereocenters. The van der Waals surface area contributed by atoms with E-state index in [4.69, 9.17) is 11.2 Å². The van der Waals surface area contributed by atoms with E-state index < -0.39 is 9.45 Å². The first-order chi connectivity index (χ1) is 7.79. The van der Waals surface area contributed by atoms with E-state index >= 15 is 0 Å². The molecule has 78 valence electrons. The number of carbonyl (C=O) groups excluding carboxylic acids is 1. The van der Waals surface area contributed by atoms with Gasteiger partial charge in [-0.05, 0) is 35.5 Å². The molecule has 0 radical (unpaired) electrons. The van der Waals surface area contributed by atoms with Crippen molar-refractivity contribution in [2.45, 2.75) is 9.79 Å². The van der Waals surface area contributed by atoms with Gasteiger partial charge in [0.25, 0.3) is 0 Å². The standard InChI is InChI=1S/C13H8OS2/c14-13-9-5-1-3-7-11(9)16(15)12-8-4-2-6-10(12)13/h1-8H. The zero-order valence-corrected chi connectivity index (χ0v) is 9.98. The number of fused-ring (bicyclic) bond motifs is 2. The summed E-state index contributed by atoms with van der Waals surface area (Å²) in [6.07, 6.45) is 0. The van der Waals surface area contributed by atoms with Crippen LogP contribution in [-0.4, -0.2) is 5.78 Å². The summed E-state index contributed by atoms with van der Waals surface area (Å²) in [5, 5.41) is 0. The van der Waals surface area contributed by atoms with E-state index in [1.54, 1.807) is 0 Å². The lowest BCUT2D eigenvalue weighted by Crippen LogP contribution is -2.15. The number of hydrogen-bond donors (Lipinski definition) is 0. The number of hydrogen-bond acceptors (Lipinski definition) is 2. The Morgan fingerprint density at radius 1 is 0.812 bits per heavy atom. The first-order valence-electron chi connectivity index (χ1n) is 4.93. The van der Waals surface area contributed by atoms with E-state index in [2.05, 4.69) is 0 Å². The molecule has 1 aliphatic rings. The van der Waals surface area contributed by atoms with Crippen molar-refractivity contribution in [3.05, 3.63) is 59.7 Å². The van der Waals surface area contributed by atoms with Gasteiger partial charge in [0, 0.05) is 20.9 Å². The van der Waals surface area contributed by atoms with Crippen LogP contribution in [0.15, 0.2) is 58.3 Å². The molecule has 0 amide bonds. The van der Waals surface area contributed by atoms with E-state index in [0.29, 0.717) is 0 Å². The Morgan fingerprint density at radius 3 is 1.75 bits per heavy atom. The predicted octanol–water partition coefficient (Wildman–Crippen LogP) is 2.73. The molecule has 1 nitrogen and oxygen atoms in total. The highest BCUT2D eigenvalue weighted by Gasteiger charge is 2.25. The SMILES string of the molecule is O=C1c2ccccc2S(=S)c2ccccc21. The summed E-state index contributed by atoms with van der Waals surface area (Å²) in [5.74, 6) is 0.0970. The van der Waals surface area contributed by atoms with Crippen LogP contribution in [0.3, 0.4) is 0 Å². The molecule has 1 heterocycles. The van der Waals surface area contributed by atoms with Gasteiger partial charge in [0.2, 0.25) is 0 Å². The minimum Gasteiger partial charge on any atom is -0.289 e. The lowest BCUT2D eigenvalue weighted by atomic mass is 10.0. The van der Waals surface area contributed by atoms with E-state index in [1.807, 2.05) is 48.5 Å². The monoisotopic (exact) mass is 244 g/mol. The summed E-state index contributed by atoms with van der Waals surface area (Å²) in [5.41, 5.74) is 1.53. The maximum absolute atomic E-state index is 12.2. The Kier molecular flexibility index (Phi) is 2.23. The van der Waals surface area contributed by atoms with Crippen LogP contribution in [0, 0.1) is 0 Å². The van der Waals surface area contributed by atoms with Crippen molar-refractivity contribution in [3.63, 3.8) is 0 Å². The molecular formula is C13H8OS2. The quantitative estimate of drug-likeness (QED) is 0.605. The van der Waals surface area contributed by atoms with Crippen molar-refractivity contribution in [2.24, 2.45) is 0 Å². The minimum atomic E-state index is -0.398. The Morgan fingerprint density at radius 2 is 1.25 bits per heavy atom. The Bertz CT molecular complexity index is 511. The summed E-state index contributed by atoms with van der Waals surface area (Å²) in [4.78, 5) is 14.2. The summed E-state index contributed by atoms with van der Waals surface area (Å²) >= 11 is 5.53. The van der Waals surface area contributed by atoms with Gasteiger partial charge < -0.3 is 0 Å². The third-order valence-corrected chi connectivity index (χ3v) is 5.25. The molecule has 16 heavy (non-hydrogen) atoms.